The van der Waals surface area contributed by atoms with Crippen LogP contribution in [0.1, 0.15) is 316 Å². The van der Waals surface area contributed by atoms with Gasteiger partial charge in [0.15, 0.2) is 0 Å². The SMILES string of the molecule is CCCCC/C=C\C/C=C\C/C=C\C/C=C\CCCCCCCCCCCC(=O)OC(/C=C/CCCCCCCCCCCCC)C(COP(=O)(O)OCC[N+](C)(C)C)NC(=O)CCCCCCCCCC/C=C\C/C=C\C/C=C\CCCCC. The van der Waals surface area contributed by atoms with Crippen molar-refractivity contribution in [3.8, 4) is 0 Å². The summed E-state index contributed by atoms with van der Waals surface area (Å²) < 4.78 is 30.8. The number of quaternary nitrogens is 1. The maximum atomic E-state index is 13.6. The lowest BCUT2D eigenvalue weighted by Crippen LogP contribution is -2.47. The quantitative estimate of drug-likeness (QED) is 0.0205. The summed E-state index contributed by atoms with van der Waals surface area (Å²) in [5, 5.41) is 3.07. The number of nitrogens with one attached hydrogen (secondary N) is 1. The normalized spacial score (nSPS) is 14.1. The number of phosphoric acid groups is 1. The van der Waals surface area contributed by atoms with E-state index in [0.717, 1.165) is 116 Å². The number of hydrogen-bond donors (Lipinski definition) is 2. The number of rotatable bonds is 64. The predicted octanol–water partition coefficient (Wildman–Crippen LogP) is 22.7. The fraction of sp³-hybridized carbons (Fsp3) is 0.760. The third-order valence-corrected chi connectivity index (χ3v) is 16.5. The lowest BCUT2D eigenvalue weighted by atomic mass is 10.0. The Balaban J connectivity index is 5.16. The highest BCUT2D eigenvalue weighted by molar-refractivity contribution is 7.47. The van der Waals surface area contributed by atoms with Gasteiger partial charge < -0.3 is 19.4 Å². The van der Waals surface area contributed by atoms with Crippen LogP contribution in [0.25, 0.3) is 0 Å². The molecule has 10 heteroatoms. The van der Waals surface area contributed by atoms with Crippen LogP contribution >= 0.6 is 7.82 Å². The van der Waals surface area contributed by atoms with Gasteiger partial charge in [-0.05, 0) is 115 Å². The second kappa shape index (κ2) is 63.9. The zero-order valence-electron chi connectivity index (χ0n) is 56.3. The van der Waals surface area contributed by atoms with Gasteiger partial charge in [0.25, 0.3) is 0 Å². The Bertz CT molecular complexity index is 1780. The van der Waals surface area contributed by atoms with Gasteiger partial charge in [-0.15, -0.1) is 0 Å². The number of ether oxygens (including phenoxy) is 1. The molecule has 0 heterocycles. The van der Waals surface area contributed by atoms with Crippen molar-refractivity contribution in [2.75, 3.05) is 40.9 Å². The number of esters is 1. The molecule has 9 nitrogen and oxygen atoms in total. The fourth-order valence-electron chi connectivity index (χ4n) is 9.99. The van der Waals surface area contributed by atoms with E-state index in [0.29, 0.717) is 17.4 Å². The van der Waals surface area contributed by atoms with Crippen LogP contribution in [0.15, 0.2) is 97.2 Å². The molecule has 0 aliphatic carbocycles. The third kappa shape index (κ3) is 65.2. The molecule has 0 rings (SSSR count). The molecule has 3 atom stereocenters. The van der Waals surface area contributed by atoms with Gasteiger partial charge in [0.2, 0.25) is 5.91 Å². The monoisotopic (exact) mass is 1210 g/mol. The first-order valence-electron chi connectivity index (χ1n) is 35.6. The predicted molar refractivity (Wildman–Crippen MR) is 369 cm³/mol. The number of carbonyl (C=O) groups is 2. The number of phosphoric ester groups is 1. The van der Waals surface area contributed by atoms with E-state index in [-0.39, 0.29) is 31.5 Å². The van der Waals surface area contributed by atoms with Crippen molar-refractivity contribution in [2.45, 2.75) is 328 Å². The van der Waals surface area contributed by atoms with Gasteiger partial charge in [-0.1, -0.05) is 285 Å². The van der Waals surface area contributed by atoms with E-state index in [1.807, 2.05) is 33.3 Å². The molecular weight excluding hydrogens is 1070 g/mol. The standard InChI is InChI=1S/C75H135N2O7P/c1-7-10-13-16-19-22-25-28-30-32-34-36-37-38-39-41-43-45-47-50-53-56-59-62-65-68-75(79)84-73(66-63-60-57-54-51-48-27-24-21-18-15-12-9-3)72(71-83-85(80,81)82-70-69-77(4,5)6)76-74(78)67-64-61-58-55-52-49-46-44-42-40-35-33-31-29-26-23-20-17-14-11-8-2/h19-20,22-23,28-31,34-36,38-40,63,66,72-73H,7-18,21,24-27,32-33,37,41-62,64-65,67-71H2,1-6H3,(H-,76,78,80,81)/p+1/b22-19-,23-20-,30-28-,31-29-,36-34-,39-38-,40-35-,66-63+. The van der Waals surface area contributed by atoms with Crippen molar-refractivity contribution in [3.05, 3.63) is 97.2 Å². The first-order valence-corrected chi connectivity index (χ1v) is 37.1. The Hall–Kier alpha value is -3.07. The highest BCUT2D eigenvalue weighted by Crippen LogP contribution is 2.43. The van der Waals surface area contributed by atoms with Gasteiger partial charge >= 0.3 is 13.8 Å². The lowest BCUT2D eigenvalue weighted by Gasteiger charge is -2.27. The summed E-state index contributed by atoms with van der Waals surface area (Å²) in [4.78, 5) is 37.9. The number of amides is 1. The van der Waals surface area contributed by atoms with E-state index in [4.69, 9.17) is 13.8 Å². The zero-order valence-corrected chi connectivity index (χ0v) is 57.2. The molecule has 0 aliphatic rings. The van der Waals surface area contributed by atoms with E-state index in [1.165, 1.54) is 167 Å². The van der Waals surface area contributed by atoms with Gasteiger partial charge in [-0.3, -0.25) is 18.6 Å². The van der Waals surface area contributed by atoms with E-state index in [1.54, 1.807) is 0 Å². The Labute approximate surface area is 526 Å². The van der Waals surface area contributed by atoms with Crippen LogP contribution in [0.5, 0.6) is 0 Å². The molecule has 0 saturated carbocycles. The number of allylic oxidation sites excluding steroid dienone is 15. The average molecular weight is 1210 g/mol. The molecule has 0 aromatic carbocycles. The highest BCUT2D eigenvalue weighted by atomic mass is 31.2. The minimum Gasteiger partial charge on any atom is -0.456 e. The van der Waals surface area contributed by atoms with Crippen LogP contribution in [-0.2, 0) is 27.9 Å². The molecule has 85 heavy (non-hydrogen) atoms. The molecule has 0 spiro atoms. The van der Waals surface area contributed by atoms with Crippen LogP contribution in [0.2, 0.25) is 0 Å². The van der Waals surface area contributed by atoms with Crippen LogP contribution in [0.4, 0.5) is 0 Å². The Morgan fingerprint density at radius 2 is 0.718 bits per heavy atom. The van der Waals surface area contributed by atoms with Crippen LogP contribution < -0.4 is 5.32 Å². The van der Waals surface area contributed by atoms with Gasteiger partial charge in [-0.25, -0.2) is 4.57 Å². The Morgan fingerprint density at radius 3 is 1.09 bits per heavy atom. The largest absolute Gasteiger partial charge is 0.472 e. The van der Waals surface area contributed by atoms with Gasteiger partial charge in [0, 0.05) is 12.8 Å². The first-order chi connectivity index (χ1) is 41.4. The van der Waals surface area contributed by atoms with Crippen molar-refractivity contribution in [3.63, 3.8) is 0 Å². The van der Waals surface area contributed by atoms with Crippen molar-refractivity contribution in [2.24, 2.45) is 0 Å². The summed E-state index contributed by atoms with van der Waals surface area (Å²) in [7, 11) is 1.48. The number of unbranched alkanes of at least 4 members (excludes halogenated alkanes) is 34. The second-order valence-electron chi connectivity index (χ2n) is 25.0. The van der Waals surface area contributed by atoms with E-state index in [2.05, 4.69) is 111 Å². The summed E-state index contributed by atoms with van der Waals surface area (Å²) in [6.45, 7) is 6.97. The van der Waals surface area contributed by atoms with Gasteiger partial charge in [0.05, 0.1) is 33.8 Å². The average Bonchev–Trinajstić information content (AvgIpc) is 3.48. The zero-order chi connectivity index (χ0) is 62.1. The smallest absolute Gasteiger partial charge is 0.456 e. The maximum Gasteiger partial charge on any atom is 0.472 e. The van der Waals surface area contributed by atoms with E-state index in [9.17, 15) is 19.0 Å². The topological polar surface area (TPSA) is 111 Å². The summed E-state index contributed by atoms with van der Waals surface area (Å²) in [5.74, 6) is -0.516. The van der Waals surface area contributed by atoms with Crippen molar-refractivity contribution >= 4 is 19.7 Å². The molecule has 0 aromatic heterocycles. The molecule has 0 saturated heterocycles. The minimum absolute atomic E-state index is 0.0339. The number of carbonyl (C=O) groups excluding carboxylic acids is 2. The van der Waals surface area contributed by atoms with Gasteiger partial charge in [-0.2, -0.15) is 0 Å². The number of likely N-dealkylation sites (N-methyl/N-ethyl adjacent to an activating group) is 1. The second-order valence-corrected chi connectivity index (χ2v) is 26.5. The van der Waals surface area contributed by atoms with Crippen molar-refractivity contribution < 1.29 is 37.3 Å². The van der Waals surface area contributed by atoms with E-state index < -0.39 is 20.0 Å². The highest BCUT2D eigenvalue weighted by Gasteiger charge is 2.30. The molecule has 0 aromatic rings. The third-order valence-electron chi connectivity index (χ3n) is 15.5. The summed E-state index contributed by atoms with van der Waals surface area (Å²) >= 11 is 0. The summed E-state index contributed by atoms with van der Waals surface area (Å²) in [6, 6.07) is -0.862. The molecule has 0 fully saturated rings. The van der Waals surface area contributed by atoms with Gasteiger partial charge in [0.1, 0.15) is 19.3 Å². The molecule has 3 unspecified atom stereocenters. The van der Waals surface area contributed by atoms with Crippen molar-refractivity contribution in [1.82, 2.24) is 5.32 Å². The molecule has 0 bridgehead atoms. The molecule has 0 aliphatic heterocycles. The Morgan fingerprint density at radius 1 is 0.412 bits per heavy atom. The summed E-state index contributed by atoms with van der Waals surface area (Å²) in [5.41, 5.74) is 0. The van der Waals surface area contributed by atoms with Crippen molar-refractivity contribution in [1.29, 1.82) is 0 Å². The summed E-state index contributed by atoms with van der Waals surface area (Å²) in [6.07, 6.45) is 86.9. The molecular formula is C75H136N2O7P+. The molecule has 2 N–H and O–H groups in total. The van der Waals surface area contributed by atoms with Crippen LogP contribution in [0, 0.1) is 0 Å². The molecule has 492 valence electrons. The molecule has 1 amide bonds. The van der Waals surface area contributed by atoms with Crippen LogP contribution in [-0.4, -0.2) is 74.3 Å². The first kappa shape index (κ1) is 81.9. The van der Waals surface area contributed by atoms with Crippen LogP contribution in [0.3, 0.4) is 0 Å². The maximum absolute atomic E-state index is 13.6. The van der Waals surface area contributed by atoms with E-state index >= 15 is 0 Å². The molecule has 0 radical (unpaired) electrons. The Kier molecular flexibility index (Phi) is 61.6. The fourth-order valence-corrected chi connectivity index (χ4v) is 10.7. The number of hydrogen-bond acceptors (Lipinski definition) is 6. The number of nitrogens with zero attached hydrogens (tertiary/aromatic N) is 1. The lowest BCUT2D eigenvalue weighted by molar-refractivity contribution is -0.870. The minimum atomic E-state index is -4.46.